The van der Waals surface area contributed by atoms with Gasteiger partial charge in [-0.3, -0.25) is 0 Å². The molecule has 36 heavy (non-hydrogen) atoms. The van der Waals surface area contributed by atoms with E-state index in [1.54, 1.807) is 14.2 Å². The summed E-state index contributed by atoms with van der Waals surface area (Å²) in [4.78, 5) is 0. The number of nitrogens with zero attached hydrogens (tertiary/aromatic N) is 2. The van der Waals surface area contributed by atoms with Gasteiger partial charge in [-0.1, -0.05) is 36.7 Å². The minimum absolute atomic E-state index is 0.0107. The van der Waals surface area contributed by atoms with E-state index in [9.17, 15) is 0 Å². The Hall–Kier alpha value is -2.33. The Bertz CT molecular complexity index is 1050. The van der Waals surface area contributed by atoms with E-state index in [4.69, 9.17) is 23.7 Å². The van der Waals surface area contributed by atoms with Crippen LogP contribution in [-0.2, 0) is 4.43 Å². The van der Waals surface area contributed by atoms with E-state index < -0.39 is 8.32 Å². The van der Waals surface area contributed by atoms with E-state index in [1.165, 1.54) is 0 Å². The second-order valence-corrected chi connectivity index (χ2v) is 15.2. The summed E-state index contributed by atoms with van der Waals surface area (Å²) in [5, 5.41) is 14.6. The standard InChI is InChI=1S/C19H20N2O4.C8H19BrOSi/c1-23-16-9-5-15(6-10-16)21-18(13-19(20-21)24-2)14-3-7-17(8-4-14)25-12-11-22;1-8(2,3)11(4,5)10-7-6-9/h3-10,13,22H,11-12H2,1-2H3;6-7H2,1-5H3. The molecule has 9 heteroatoms. The van der Waals surface area contributed by atoms with E-state index in [0.717, 1.165) is 34.6 Å². The first-order valence-corrected chi connectivity index (χ1v) is 15.9. The molecule has 0 unspecified atom stereocenters. The summed E-state index contributed by atoms with van der Waals surface area (Å²) in [6.45, 7) is 12.4. The minimum Gasteiger partial charge on any atom is -0.497 e. The second kappa shape index (κ2) is 13.8. The number of hydrogen-bond acceptors (Lipinski definition) is 6. The molecule has 0 saturated heterocycles. The Morgan fingerprint density at radius 3 is 2.03 bits per heavy atom. The van der Waals surface area contributed by atoms with Gasteiger partial charge in [0.05, 0.1) is 32.2 Å². The molecule has 0 aliphatic heterocycles. The SMILES string of the molecule is CC(C)(C)[Si](C)(C)OCCBr.COc1ccc(-n2nc(OC)cc2-c2ccc(OCCO)cc2)cc1. The summed E-state index contributed by atoms with van der Waals surface area (Å²) < 4.78 is 23.6. The number of aliphatic hydroxyl groups is 1. The third-order valence-electron chi connectivity index (χ3n) is 6.07. The number of aromatic nitrogens is 2. The molecular formula is C27H39BrN2O5Si. The van der Waals surface area contributed by atoms with E-state index >= 15 is 0 Å². The van der Waals surface area contributed by atoms with Crippen LogP contribution in [0.5, 0.6) is 17.4 Å². The third kappa shape index (κ3) is 8.37. The molecule has 0 bridgehead atoms. The van der Waals surface area contributed by atoms with Gasteiger partial charge in [0, 0.05) is 23.6 Å². The molecule has 2 aromatic carbocycles. The zero-order valence-corrected chi connectivity index (χ0v) is 25.0. The van der Waals surface area contributed by atoms with Gasteiger partial charge in [-0.15, -0.1) is 5.10 Å². The van der Waals surface area contributed by atoms with Crippen molar-refractivity contribution < 1.29 is 23.7 Å². The maximum Gasteiger partial charge on any atom is 0.233 e. The topological polar surface area (TPSA) is 75.0 Å². The Labute approximate surface area is 224 Å². The molecule has 0 aliphatic carbocycles. The van der Waals surface area contributed by atoms with Gasteiger partial charge in [-0.25, -0.2) is 4.68 Å². The van der Waals surface area contributed by atoms with Gasteiger partial charge < -0.3 is 23.7 Å². The number of hydrogen-bond donors (Lipinski definition) is 1. The summed E-state index contributed by atoms with van der Waals surface area (Å²) in [7, 11) is 1.77. The highest BCUT2D eigenvalue weighted by atomic mass is 79.9. The summed E-state index contributed by atoms with van der Waals surface area (Å²) in [5.74, 6) is 2.03. The highest BCUT2D eigenvalue weighted by molar-refractivity contribution is 9.09. The molecule has 0 spiro atoms. The van der Waals surface area contributed by atoms with Gasteiger partial charge in [0.2, 0.25) is 5.88 Å². The van der Waals surface area contributed by atoms with Crippen LogP contribution < -0.4 is 14.2 Å². The van der Waals surface area contributed by atoms with Gasteiger partial charge in [-0.05, 0) is 66.7 Å². The summed E-state index contributed by atoms with van der Waals surface area (Å²) in [5.41, 5.74) is 2.78. The molecule has 198 valence electrons. The fraction of sp³-hybridized carbons (Fsp3) is 0.444. The number of benzene rings is 2. The van der Waals surface area contributed by atoms with Crippen LogP contribution in [-0.4, -0.2) is 62.6 Å². The van der Waals surface area contributed by atoms with Crippen LogP contribution in [0.1, 0.15) is 20.8 Å². The Balaban J connectivity index is 0.000000352. The van der Waals surface area contributed by atoms with Crippen LogP contribution >= 0.6 is 15.9 Å². The molecule has 3 rings (SSSR count). The maximum atomic E-state index is 8.83. The third-order valence-corrected chi connectivity index (χ3v) is 10.9. The van der Waals surface area contributed by atoms with Crippen LogP contribution in [0.4, 0.5) is 0 Å². The van der Waals surface area contributed by atoms with Crippen molar-refractivity contribution in [2.75, 3.05) is 39.4 Å². The number of methoxy groups -OCH3 is 2. The molecule has 1 heterocycles. The van der Waals surface area contributed by atoms with Gasteiger partial charge >= 0.3 is 0 Å². The van der Waals surface area contributed by atoms with Crippen LogP contribution in [0.25, 0.3) is 16.9 Å². The summed E-state index contributed by atoms with van der Waals surface area (Å²) >= 11 is 3.37. The van der Waals surface area contributed by atoms with Crippen molar-refractivity contribution in [3.8, 4) is 34.3 Å². The molecule has 3 aromatic rings. The smallest absolute Gasteiger partial charge is 0.233 e. The predicted octanol–water partition coefficient (Wildman–Crippen LogP) is 6.33. The first kappa shape index (κ1) is 29.9. The minimum atomic E-state index is -1.46. The zero-order valence-electron chi connectivity index (χ0n) is 22.4. The van der Waals surface area contributed by atoms with Crippen molar-refractivity contribution >= 4 is 24.2 Å². The number of rotatable bonds is 10. The largest absolute Gasteiger partial charge is 0.497 e. The quantitative estimate of drug-likeness (QED) is 0.224. The molecule has 1 N–H and O–H groups in total. The fourth-order valence-corrected chi connectivity index (χ4v) is 4.49. The van der Waals surface area contributed by atoms with Crippen molar-refractivity contribution in [1.29, 1.82) is 0 Å². The Kier molecular flexibility index (Phi) is 11.5. The first-order chi connectivity index (χ1) is 17.1. The monoisotopic (exact) mass is 578 g/mol. The van der Waals surface area contributed by atoms with E-state index in [1.807, 2.05) is 59.3 Å². The lowest BCUT2D eigenvalue weighted by Crippen LogP contribution is -2.41. The number of halogens is 1. The Morgan fingerprint density at radius 1 is 0.917 bits per heavy atom. The normalized spacial score (nSPS) is 11.5. The van der Waals surface area contributed by atoms with Gasteiger partial charge in [0.25, 0.3) is 0 Å². The second-order valence-electron chi connectivity index (χ2n) is 9.58. The lowest BCUT2D eigenvalue weighted by atomic mass is 10.1. The molecule has 0 fully saturated rings. The molecular weight excluding hydrogens is 540 g/mol. The van der Waals surface area contributed by atoms with Crippen molar-refractivity contribution in [2.24, 2.45) is 0 Å². The van der Waals surface area contributed by atoms with Crippen molar-refractivity contribution in [3.63, 3.8) is 0 Å². The van der Waals surface area contributed by atoms with Crippen LogP contribution in [0.2, 0.25) is 18.1 Å². The highest BCUT2D eigenvalue weighted by Crippen LogP contribution is 2.36. The van der Waals surface area contributed by atoms with Crippen molar-refractivity contribution in [3.05, 3.63) is 54.6 Å². The molecule has 1 aromatic heterocycles. The molecule has 0 saturated carbocycles. The fourth-order valence-electron chi connectivity index (χ4n) is 2.98. The lowest BCUT2D eigenvalue weighted by molar-refractivity contribution is 0.201. The van der Waals surface area contributed by atoms with Crippen LogP contribution in [0.15, 0.2) is 54.6 Å². The molecule has 7 nitrogen and oxygen atoms in total. The number of ether oxygens (including phenoxy) is 3. The predicted molar refractivity (Wildman–Crippen MR) is 152 cm³/mol. The van der Waals surface area contributed by atoms with E-state index in [0.29, 0.717) is 16.7 Å². The average molecular weight is 580 g/mol. The first-order valence-electron chi connectivity index (χ1n) is 11.9. The van der Waals surface area contributed by atoms with Crippen molar-refractivity contribution in [2.45, 2.75) is 38.9 Å². The van der Waals surface area contributed by atoms with Crippen molar-refractivity contribution in [1.82, 2.24) is 9.78 Å². The number of aliphatic hydroxyl groups excluding tert-OH is 1. The molecule has 0 radical (unpaired) electrons. The number of alkyl halides is 1. The highest BCUT2D eigenvalue weighted by Gasteiger charge is 2.36. The lowest BCUT2D eigenvalue weighted by Gasteiger charge is -2.35. The maximum absolute atomic E-state index is 8.83. The Morgan fingerprint density at radius 2 is 1.53 bits per heavy atom. The van der Waals surface area contributed by atoms with Gasteiger partial charge in [0.1, 0.15) is 18.1 Å². The summed E-state index contributed by atoms with van der Waals surface area (Å²) in [6, 6.07) is 17.2. The van der Waals surface area contributed by atoms with E-state index in [-0.39, 0.29) is 13.2 Å². The molecule has 0 atom stereocenters. The van der Waals surface area contributed by atoms with Crippen LogP contribution in [0, 0.1) is 0 Å². The molecule has 0 aliphatic rings. The molecule has 0 amide bonds. The van der Waals surface area contributed by atoms with Crippen LogP contribution in [0.3, 0.4) is 0 Å². The average Bonchev–Trinajstić information content (AvgIpc) is 3.31. The van der Waals surface area contributed by atoms with Gasteiger partial charge in [-0.2, -0.15) is 0 Å². The van der Waals surface area contributed by atoms with E-state index in [2.05, 4.69) is 54.9 Å². The zero-order chi connectivity index (χ0) is 26.8. The summed E-state index contributed by atoms with van der Waals surface area (Å²) in [6.07, 6.45) is 0. The van der Waals surface area contributed by atoms with Gasteiger partial charge in [0.15, 0.2) is 8.32 Å².